The van der Waals surface area contributed by atoms with E-state index in [1.165, 1.54) is 12.0 Å². The van der Waals surface area contributed by atoms with Crippen LogP contribution in [0.2, 0.25) is 0 Å². The van der Waals surface area contributed by atoms with E-state index in [-0.39, 0.29) is 18.2 Å². The number of amides is 1. The van der Waals surface area contributed by atoms with Gasteiger partial charge in [0.05, 0.1) is 12.6 Å². The first-order valence-corrected chi connectivity index (χ1v) is 8.01. The molecule has 114 valence electrons. The predicted octanol–water partition coefficient (Wildman–Crippen LogP) is 2.25. The van der Waals surface area contributed by atoms with Crippen molar-refractivity contribution >= 4 is 5.91 Å². The molecule has 1 aromatic rings. The summed E-state index contributed by atoms with van der Waals surface area (Å²) in [4.78, 5) is 14.1. The lowest BCUT2D eigenvalue weighted by Gasteiger charge is -2.31. The van der Waals surface area contributed by atoms with Crippen molar-refractivity contribution in [2.45, 2.75) is 44.9 Å². The van der Waals surface area contributed by atoms with Crippen LogP contribution in [0.15, 0.2) is 24.3 Å². The van der Waals surface area contributed by atoms with Crippen molar-refractivity contribution in [1.29, 1.82) is 0 Å². The number of ether oxygens (including phenoxy) is 1. The third-order valence-corrected chi connectivity index (χ3v) is 4.46. The fourth-order valence-electron chi connectivity index (χ4n) is 3.15. The molecule has 0 aromatic heterocycles. The van der Waals surface area contributed by atoms with Gasteiger partial charge < -0.3 is 9.64 Å². The third kappa shape index (κ3) is 3.27. The van der Waals surface area contributed by atoms with Crippen molar-refractivity contribution in [1.82, 2.24) is 10.2 Å². The Morgan fingerprint density at radius 3 is 2.76 bits per heavy atom. The zero-order valence-electron chi connectivity index (χ0n) is 12.7. The molecule has 2 unspecified atom stereocenters. The largest absolute Gasteiger partial charge is 0.376 e. The van der Waals surface area contributed by atoms with Crippen LogP contribution in [-0.2, 0) is 16.0 Å². The molecule has 0 saturated carbocycles. The number of carbonyl (C=O) groups excluding carboxylic acids is 1. The molecule has 2 heterocycles. The fraction of sp³-hybridized carbons (Fsp3) is 0.588. The van der Waals surface area contributed by atoms with Gasteiger partial charge in [0.15, 0.2) is 0 Å². The molecule has 1 amide bonds. The van der Waals surface area contributed by atoms with E-state index < -0.39 is 0 Å². The molecule has 1 N–H and O–H groups in total. The van der Waals surface area contributed by atoms with Crippen LogP contribution in [0.3, 0.4) is 0 Å². The maximum Gasteiger partial charge on any atom is 0.238 e. The smallest absolute Gasteiger partial charge is 0.238 e. The lowest BCUT2D eigenvalue weighted by molar-refractivity contribution is -0.130. The van der Waals surface area contributed by atoms with Crippen LogP contribution in [0, 0.1) is 0 Å². The molecule has 2 aliphatic heterocycles. The second-order valence-electron chi connectivity index (χ2n) is 5.91. The standard InChI is InChI=1S/C17H24N2O2/c1-2-13-6-8-14(9-7-13)17-18-11-16(20)19(17)12-15-5-3-4-10-21-15/h6-9,15,17-18H,2-5,10-12H2,1H3. The average molecular weight is 288 g/mol. The van der Waals surface area contributed by atoms with Crippen LogP contribution in [0.1, 0.15) is 43.5 Å². The highest BCUT2D eigenvalue weighted by atomic mass is 16.5. The van der Waals surface area contributed by atoms with Gasteiger partial charge in [0.25, 0.3) is 0 Å². The summed E-state index contributed by atoms with van der Waals surface area (Å²) < 4.78 is 5.79. The van der Waals surface area contributed by atoms with Crippen LogP contribution in [0.5, 0.6) is 0 Å². The van der Waals surface area contributed by atoms with Gasteiger partial charge in [0.1, 0.15) is 6.17 Å². The Morgan fingerprint density at radius 1 is 1.29 bits per heavy atom. The zero-order chi connectivity index (χ0) is 14.7. The molecule has 2 saturated heterocycles. The van der Waals surface area contributed by atoms with E-state index in [4.69, 9.17) is 4.74 Å². The van der Waals surface area contributed by atoms with Crippen molar-refractivity contribution < 1.29 is 9.53 Å². The first-order chi connectivity index (χ1) is 10.3. The molecule has 21 heavy (non-hydrogen) atoms. The normalized spacial score (nSPS) is 26.3. The lowest BCUT2D eigenvalue weighted by Crippen LogP contribution is -2.39. The monoisotopic (exact) mass is 288 g/mol. The molecule has 0 radical (unpaired) electrons. The molecule has 0 aliphatic carbocycles. The van der Waals surface area contributed by atoms with Gasteiger partial charge in [-0.1, -0.05) is 31.2 Å². The van der Waals surface area contributed by atoms with Gasteiger partial charge in [0.2, 0.25) is 5.91 Å². The minimum atomic E-state index is -0.00562. The molecule has 3 rings (SSSR count). The van der Waals surface area contributed by atoms with E-state index >= 15 is 0 Å². The number of hydrogen-bond acceptors (Lipinski definition) is 3. The Balaban J connectivity index is 1.71. The minimum absolute atomic E-state index is 0.00562. The van der Waals surface area contributed by atoms with E-state index in [0.717, 1.165) is 31.4 Å². The Morgan fingerprint density at radius 2 is 2.10 bits per heavy atom. The fourth-order valence-corrected chi connectivity index (χ4v) is 3.15. The Labute approximate surface area is 126 Å². The summed E-state index contributed by atoms with van der Waals surface area (Å²) in [7, 11) is 0. The van der Waals surface area contributed by atoms with Gasteiger partial charge in [-0.05, 0) is 36.8 Å². The van der Waals surface area contributed by atoms with Crippen molar-refractivity contribution in [3.05, 3.63) is 35.4 Å². The molecule has 2 atom stereocenters. The number of hydrogen-bond donors (Lipinski definition) is 1. The second kappa shape index (κ2) is 6.58. The predicted molar refractivity (Wildman–Crippen MR) is 81.9 cm³/mol. The molecule has 2 aliphatic rings. The summed E-state index contributed by atoms with van der Waals surface area (Å²) >= 11 is 0. The number of nitrogens with zero attached hydrogens (tertiary/aromatic N) is 1. The molecule has 0 bridgehead atoms. The van der Waals surface area contributed by atoms with Crippen LogP contribution in [0.4, 0.5) is 0 Å². The Hall–Kier alpha value is -1.39. The van der Waals surface area contributed by atoms with Crippen molar-refractivity contribution in [2.75, 3.05) is 19.7 Å². The quantitative estimate of drug-likeness (QED) is 0.924. The maximum atomic E-state index is 12.2. The summed E-state index contributed by atoms with van der Waals surface area (Å²) in [6.07, 6.45) is 4.64. The summed E-state index contributed by atoms with van der Waals surface area (Å²) in [6, 6.07) is 8.55. The van der Waals surface area contributed by atoms with E-state index in [1.807, 2.05) is 4.90 Å². The summed E-state index contributed by atoms with van der Waals surface area (Å²) in [5.41, 5.74) is 2.49. The van der Waals surface area contributed by atoms with Gasteiger partial charge in [-0.2, -0.15) is 0 Å². The van der Waals surface area contributed by atoms with Crippen LogP contribution in [-0.4, -0.2) is 36.6 Å². The van der Waals surface area contributed by atoms with Crippen molar-refractivity contribution in [3.63, 3.8) is 0 Å². The first kappa shape index (κ1) is 14.5. The number of benzene rings is 1. The summed E-state index contributed by atoms with van der Waals surface area (Å²) in [5, 5.41) is 3.32. The number of rotatable bonds is 4. The summed E-state index contributed by atoms with van der Waals surface area (Å²) in [5.74, 6) is 0.175. The molecule has 0 spiro atoms. The number of aryl methyl sites for hydroxylation is 1. The van der Waals surface area contributed by atoms with E-state index in [1.54, 1.807) is 0 Å². The second-order valence-corrected chi connectivity index (χ2v) is 5.91. The highest BCUT2D eigenvalue weighted by Gasteiger charge is 2.33. The van der Waals surface area contributed by atoms with E-state index in [0.29, 0.717) is 13.1 Å². The van der Waals surface area contributed by atoms with E-state index in [9.17, 15) is 4.79 Å². The van der Waals surface area contributed by atoms with Gasteiger partial charge >= 0.3 is 0 Å². The topological polar surface area (TPSA) is 41.6 Å². The third-order valence-electron chi connectivity index (χ3n) is 4.46. The van der Waals surface area contributed by atoms with Crippen LogP contribution in [0.25, 0.3) is 0 Å². The van der Waals surface area contributed by atoms with Gasteiger partial charge in [-0.3, -0.25) is 10.1 Å². The van der Waals surface area contributed by atoms with E-state index in [2.05, 4.69) is 36.5 Å². The molecule has 1 aromatic carbocycles. The highest BCUT2D eigenvalue weighted by molar-refractivity contribution is 5.81. The molecule has 4 heteroatoms. The lowest BCUT2D eigenvalue weighted by atomic mass is 10.1. The first-order valence-electron chi connectivity index (χ1n) is 8.01. The van der Waals surface area contributed by atoms with Crippen LogP contribution >= 0.6 is 0 Å². The van der Waals surface area contributed by atoms with Crippen molar-refractivity contribution in [2.24, 2.45) is 0 Å². The van der Waals surface area contributed by atoms with Crippen molar-refractivity contribution in [3.8, 4) is 0 Å². The molecule has 4 nitrogen and oxygen atoms in total. The van der Waals surface area contributed by atoms with Gasteiger partial charge in [-0.25, -0.2) is 0 Å². The highest BCUT2D eigenvalue weighted by Crippen LogP contribution is 2.25. The average Bonchev–Trinajstić information content (AvgIpc) is 2.90. The maximum absolute atomic E-state index is 12.2. The minimum Gasteiger partial charge on any atom is -0.376 e. The number of nitrogens with one attached hydrogen (secondary N) is 1. The van der Waals surface area contributed by atoms with Crippen LogP contribution < -0.4 is 5.32 Å². The summed E-state index contributed by atoms with van der Waals surface area (Å²) in [6.45, 7) is 4.11. The Bertz CT molecular complexity index is 480. The molecular formula is C17H24N2O2. The molecular weight excluding hydrogens is 264 g/mol. The SMILES string of the molecule is CCc1ccc(C2NCC(=O)N2CC2CCCCO2)cc1. The van der Waals surface area contributed by atoms with Gasteiger partial charge in [-0.15, -0.1) is 0 Å². The Kier molecular flexibility index (Phi) is 4.56. The van der Waals surface area contributed by atoms with Gasteiger partial charge in [0, 0.05) is 13.2 Å². The molecule has 2 fully saturated rings. The zero-order valence-corrected chi connectivity index (χ0v) is 12.7. The number of carbonyl (C=O) groups is 1.